The van der Waals surface area contributed by atoms with Crippen molar-refractivity contribution in [2.45, 2.75) is 50.1 Å². The van der Waals surface area contributed by atoms with Crippen LogP contribution in [-0.4, -0.2) is 67.1 Å². The van der Waals surface area contributed by atoms with Crippen molar-refractivity contribution in [2.75, 3.05) is 23.5 Å². The summed E-state index contributed by atoms with van der Waals surface area (Å²) in [5.41, 5.74) is 0.801. The van der Waals surface area contributed by atoms with Gasteiger partial charge in [0.15, 0.2) is 15.0 Å². The van der Waals surface area contributed by atoms with Crippen molar-refractivity contribution in [1.82, 2.24) is 5.32 Å². The van der Waals surface area contributed by atoms with Crippen LogP contribution in [0.4, 0.5) is 10.5 Å². The lowest BCUT2D eigenvalue weighted by atomic mass is 10.1. The van der Waals surface area contributed by atoms with Gasteiger partial charge in [-0.05, 0) is 38.5 Å². The van der Waals surface area contributed by atoms with Gasteiger partial charge >= 0.3 is 6.09 Å². The van der Waals surface area contributed by atoms with Gasteiger partial charge in [0.2, 0.25) is 0 Å². The number of aliphatic imine (C=N–C) groups is 1. The van der Waals surface area contributed by atoms with E-state index in [2.05, 4.69) is 10.3 Å². The van der Waals surface area contributed by atoms with Crippen molar-refractivity contribution in [3.63, 3.8) is 0 Å². The molecule has 0 aliphatic carbocycles. The Balaban J connectivity index is 1.66. The lowest BCUT2D eigenvalue weighted by Crippen LogP contribution is -2.45. The van der Waals surface area contributed by atoms with Gasteiger partial charge in [-0.3, -0.25) is 4.79 Å². The molecule has 2 saturated heterocycles. The third-order valence-electron chi connectivity index (χ3n) is 5.88. The number of hydrogen-bond acceptors (Lipinski definition) is 7. The number of alkyl carbamates (subject to hydrolysis) is 1. The fraction of sp³-hybridized carbons (Fsp3) is 0.423. The lowest BCUT2D eigenvalue weighted by molar-refractivity contribution is -0.119. The number of anilines is 1. The first-order valence-corrected chi connectivity index (χ1v) is 14.6. The first-order chi connectivity index (χ1) is 17.4. The smallest absolute Gasteiger partial charge is 0.408 e. The molecule has 0 bridgehead atoms. The van der Waals surface area contributed by atoms with Crippen LogP contribution in [-0.2, 0) is 25.8 Å². The summed E-state index contributed by atoms with van der Waals surface area (Å²) in [4.78, 5) is 32.3. The Bertz CT molecular complexity index is 1290. The van der Waals surface area contributed by atoms with E-state index in [4.69, 9.17) is 9.47 Å². The quantitative estimate of drug-likeness (QED) is 0.587. The molecule has 2 aromatic rings. The highest BCUT2D eigenvalue weighted by Crippen LogP contribution is 2.41. The van der Waals surface area contributed by atoms with Crippen LogP contribution in [0.1, 0.15) is 26.3 Å². The van der Waals surface area contributed by atoms with Gasteiger partial charge < -0.3 is 19.7 Å². The zero-order valence-electron chi connectivity index (χ0n) is 21.2. The van der Waals surface area contributed by atoms with Crippen molar-refractivity contribution in [1.29, 1.82) is 0 Å². The summed E-state index contributed by atoms with van der Waals surface area (Å²) < 4.78 is 35.5. The molecule has 2 aromatic carbocycles. The number of hydrogen-bond donors (Lipinski definition) is 1. The van der Waals surface area contributed by atoms with E-state index >= 15 is 0 Å². The second-order valence-corrected chi connectivity index (χ2v) is 13.4. The molecule has 2 heterocycles. The summed E-state index contributed by atoms with van der Waals surface area (Å²) in [7, 11) is -1.66. The number of amidine groups is 1. The van der Waals surface area contributed by atoms with E-state index < -0.39 is 33.5 Å². The Morgan fingerprint density at radius 2 is 1.86 bits per heavy atom. The molecule has 2 fully saturated rings. The van der Waals surface area contributed by atoms with E-state index in [9.17, 15) is 18.0 Å². The molecule has 0 radical (unpaired) electrons. The highest BCUT2D eigenvalue weighted by molar-refractivity contribution is 8.16. The number of fused-ring (bicyclic) bond motifs is 1. The van der Waals surface area contributed by atoms with Gasteiger partial charge in [0.05, 0.1) is 24.7 Å². The van der Waals surface area contributed by atoms with Crippen LogP contribution >= 0.6 is 11.8 Å². The lowest BCUT2D eigenvalue weighted by Gasteiger charge is -2.25. The van der Waals surface area contributed by atoms with Crippen molar-refractivity contribution in [3.8, 4) is 5.75 Å². The summed E-state index contributed by atoms with van der Waals surface area (Å²) in [6.45, 7) is 5.23. The first-order valence-electron chi connectivity index (χ1n) is 11.9. The van der Waals surface area contributed by atoms with Crippen molar-refractivity contribution < 1.29 is 27.5 Å². The Labute approximate surface area is 221 Å². The highest BCUT2D eigenvalue weighted by Gasteiger charge is 2.49. The molecule has 2 aliphatic rings. The normalized spacial score (nSPS) is 22.4. The van der Waals surface area contributed by atoms with Gasteiger partial charge in [-0.1, -0.05) is 48.2 Å². The summed E-state index contributed by atoms with van der Waals surface area (Å²) in [6.07, 6.45) is -0.491. The maximum atomic E-state index is 13.5. The minimum Gasteiger partial charge on any atom is -0.497 e. The summed E-state index contributed by atoms with van der Waals surface area (Å²) >= 11 is 1.27. The van der Waals surface area contributed by atoms with Gasteiger partial charge in [0.25, 0.3) is 5.91 Å². The fourth-order valence-corrected chi connectivity index (χ4v) is 8.22. The Hall–Kier alpha value is -3.05. The van der Waals surface area contributed by atoms with E-state index in [1.807, 2.05) is 36.4 Å². The number of carbonyl (C=O) groups is 2. The first kappa shape index (κ1) is 27.0. The Morgan fingerprint density at radius 3 is 2.54 bits per heavy atom. The molecule has 3 atom stereocenters. The topological polar surface area (TPSA) is 114 Å². The summed E-state index contributed by atoms with van der Waals surface area (Å²) in [5.74, 6) is 0.0390. The highest BCUT2D eigenvalue weighted by atomic mass is 32.2. The van der Waals surface area contributed by atoms with Crippen molar-refractivity contribution >= 4 is 44.5 Å². The van der Waals surface area contributed by atoms with Gasteiger partial charge in [0.1, 0.15) is 17.4 Å². The number of nitrogens with zero attached hydrogens (tertiary/aromatic N) is 2. The molecule has 11 heteroatoms. The van der Waals surface area contributed by atoms with Crippen LogP contribution in [0.5, 0.6) is 5.75 Å². The SMILES string of the molecule is COc1cccc(N2C(=NC(=O)[C@H](Cc3ccccc3)NC(=O)OC(C)(C)C)S[C@@H]3CS(=O)(=O)C[C@H]32)c1. The number of methoxy groups -OCH3 is 1. The van der Waals surface area contributed by atoms with E-state index in [-0.39, 0.29) is 29.2 Å². The number of ether oxygens (including phenoxy) is 2. The van der Waals surface area contributed by atoms with Crippen LogP contribution < -0.4 is 15.0 Å². The van der Waals surface area contributed by atoms with E-state index in [0.717, 1.165) is 5.56 Å². The number of amides is 2. The van der Waals surface area contributed by atoms with Crippen LogP contribution in [0.15, 0.2) is 59.6 Å². The molecule has 198 valence electrons. The molecule has 2 amide bonds. The predicted octanol–water partition coefficient (Wildman–Crippen LogP) is 3.43. The van der Waals surface area contributed by atoms with Gasteiger partial charge in [-0.15, -0.1) is 0 Å². The van der Waals surface area contributed by atoms with Gasteiger partial charge in [-0.25, -0.2) is 13.2 Å². The molecule has 0 aromatic heterocycles. The molecule has 2 aliphatic heterocycles. The molecule has 4 rings (SSSR count). The molecular weight excluding hydrogens is 514 g/mol. The van der Waals surface area contributed by atoms with Gasteiger partial charge in [0, 0.05) is 23.4 Å². The summed E-state index contributed by atoms with van der Waals surface area (Å²) in [5, 5.41) is 2.81. The Kier molecular flexibility index (Phi) is 7.84. The third kappa shape index (κ3) is 6.84. The second-order valence-electron chi connectivity index (χ2n) is 9.99. The zero-order chi connectivity index (χ0) is 26.8. The van der Waals surface area contributed by atoms with E-state index in [0.29, 0.717) is 16.6 Å². The number of carbonyl (C=O) groups excluding carboxylic acids is 2. The average molecular weight is 546 g/mol. The number of thioether (sulfide) groups is 1. The monoisotopic (exact) mass is 545 g/mol. The average Bonchev–Trinajstić information content (AvgIpc) is 3.28. The molecule has 0 saturated carbocycles. The van der Waals surface area contributed by atoms with Crippen LogP contribution in [0.3, 0.4) is 0 Å². The fourth-order valence-electron chi connectivity index (χ4n) is 4.30. The number of benzene rings is 2. The largest absolute Gasteiger partial charge is 0.497 e. The van der Waals surface area contributed by atoms with E-state index in [1.165, 1.54) is 11.8 Å². The van der Waals surface area contributed by atoms with Gasteiger partial charge in [-0.2, -0.15) is 4.99 Å². The minimum atomic E-state index is -3.21. The molecular formula is C26H31N3O6S2. The molecule has 1 N–H and O–H groups in total. The summed E-state index contributed by atoms with van der Waals surface area (Å²) in [6, 6.07) is 15.2. The standard InChI is InChI=1S/C26H31N3O6S2/c1-26(2,3)35-25(31)27-20(13-17-9-6-5-7-10-17)23(30)28-24-29(18-11-8-12-19(14-18)34-4)21-15-37(32,33)16-22(21)36-24/h5-12,14,20-22H,13,15-16H2,1-4H3,(H,27,31)/t20-,21+,22+/m0/s1. The molecule has 37 heavy (non-hydrogen) atoms. The van der Waals surface area contributed by atoms with E-state index in [1.54, 1.807) is 51.0 Å². The predicted molar refractivity (Wildman–Crippen MR) is 145 cm³/mol. The molecule has 9 nitrogen and oxygen atoms in total. The number of nitrogens with one attached hydrogen (secondary N) is 1. The van der Waals surface area contributed by atoms with Crippen LogP contribution in [0, 0.1) is 0 Å². The number of sulfone groups is 1. The second kappa shape index (κ2) is 10.7. The third-order valence-corrected chi connectivity index (χ3v) is 9.09. The maximum Gasteiger partial charge on any atom is 0.408 e. The Morgan fingerprint density at radius 1 is 1.14 bits per heavy atom. The zero-order valence-corrected chi connectivity index (χ0v) is 22.8. The van der Waals surface area contributed by atoms with Crippen molar-refractivity contribution in [2.24, 2.45) is 4.99 Å². The van der Waals surface area contributed by atoms with Crippen LogP contribution in [0.2, 0.25) is 0 Å². The van der Waals surface area contributed by atoms with Crippen molar-refractivity contribution in [3.05, 3.63) is 60.2 Å². The maximum absolute atomic E-state index is 13.5. The molecule has 0 unspecified atom stereocenters. The number of rotatable bonds is 6. The van der Waals surface area contributed by atoms with Crippen LogP contribution in [0.25, 0.3) is 0 Å². The minimum absolute atomic E-state index is 0.0135. The molecule has 0 spiro atoms.